The molecular formula is C13H14N2O. The summed E-state index contributed by atoms with van der Waals surface area (Å²) in [6, 6.07) is 5.76. The lowest BCUT2D eigenvalue weighted by atomic mass is 10.1. The Labute approximate surface area is 95.2 Å². The van der Waals surface area contributed by atoms with E-state index in [4.69, 9.17) is 6.42 Å². The first-order valence-electron chi connectivity index (χ1n) is 5.40. The van der Waals surface area contributed by atoms with Crippen LogP contribution < -0.4 is 10.6 Å². The van der Waals surface area contributed by atoms with Crippen LogP contribution in [0, 0.1) is 12.3 Å². The highest BCUT2D eigenvalue weighted by Crippen LogP contribution is 2.22. The minimum Gasteiger partial charge on any atom is -0.384 e. The SMILES string of the molecule is C#CCCNC(=O)c1ccc2c(c1)NCC2. The summed E-state index contributed by atoms with van der Waals surface area (Å²) in [5.74, 6) is 2.43. The third kappa shape index (κ3) is 2.17. The van der Waals surface area contributed by atoms with Crippen molar-refractivity contribution >= 4 is 11.6 Å². The maximum Gasteiger partial charge on any atom is 0.251 e. The normalized spacial score (nSPS) is 12.4. The smallest absolute Gasteiger partial charge is 0.251 e. The van der Waals surface area contributed by atoms with Crippen LogP contribution in [-0.4, -0.2) is 19.0 Å². The molecule has 0 saturated carbocycles. The van der Waals surface area contributed by atoms with E-state index in [0.29, 0.717) is 18.5 Å². The maximum absolute atomic E-state index is 11.7. The van der Waals surface area contributed by atoms with E-state index in [-0.39, 0.29) is 5.91 Å². The summed E-state index contributed by atoms with van der Waals surface area (Å²) in [5.41, 5.74) is 3.04. The molecule has 3 nitrogen and oxygen atoms in total. The number of rotatable bonds is 3. The van der Waals surface area contributed by atoms with Gasteiger partial charge in [0.2, 0.25) is 0 Å². The number of carbonyl (C=O) groups is 1. The molecule has 3 heteroatoms. The zero-order valence-electron chi connectivity index (χ0n) is 9.05. The van der Waals surface area contributed by atoms with E-state index in [0.717, 1.165) is 18.7 Å². The number of carbonyl (C=O) groups excluding carboxylic acids is 1. The van der Waals surface area contributed by atoms with Gasteiger partial charge >= 0.3 is 0 Å². The van der Waals surface area contributed by atoms with Gasteiger partial charge in [0.1, 0.15) is 0 Å². The van der Waals surface area contributed by atoms with Crippen LogP contribution in [-0.2, 0) is 6.42 Å². The Balaban J connectivity index is 2.04. The molecule has 0 saturated heterocycles. The van der Waals surface area contributed by atoms with Gasteiger partial charge in [0.25, 0.3) is 5.91 Å². The Hall–Kier alpha value is -1.95. The Morgan fingerprint density at radius 1 is 1.56 bits per heavy atom. The van der Waals surface area contributed by atoms with Crippen molar-refractivity contribution in [1.82, 2.24) is 5.32 Å². The molecule has 0 fully saturated rings. The number of anilines is 1. The molecule has 16 heavy (non-hydrogen) atoms. The van der Waals surface area contributed by atoms with Gasteiger partial charge in [-0.1, -0.05) is 6.07 Å². The van der Waals surface area contributed by atoms with E-state index in [1.807, 2.05) is 18.2 Å². The largest absolute Gasteiger partial charge is 0.384 e. The number of terminal acetylenes is 1. The van der Waals surface area contributed by atoms with Crippen LogP contribution in [0.15, 0.2) is 18.2 Å². The van der Waals surface area contributed by atoms with Crippen LogP contribution in [0.4, 0.5) is 5.69 Å². The zero-order valence-corrected chi connectivity index (χ0v) is 9.05. The van der Waals surface area contributed by atoms with Gasteiger partial charge in [-0.15, -0.1) is 12.3 Å². The molecule has 2 rings (SSSR count). The average Bonchev–Trinajstić information content (AvgIpc) is 2.76. The molecule has 1 heterocycles. The van der Waals surface area contributed by atoms with Crippen LogP contribution in [0.1, 0.15) is 22.3 Å². The first kappa shape index (κ1) is 10.6. The monoisotopic (exact) mass is 214 g/mol. The minimum atomic E-state index is -0.0632. The van der Waals surface area contributed by atoms with Gasteiger partial charge in [0, 0.05) is 30.8 Å². The predicted octanol–water partition coefficient (Wildman–Crippen LogP) is 1.41. The van der Waals surface area contributed by atoms with Crippen LogP contribution in [0.2, 0.25) is 0 Å². The van der Waals surface area contributed by atoms with E-state index in [1.54, 1.807) is 0 Å². The second-order valence-electron chi connectivity index (χ2n) is 3.76. The molecule has 2 N–H and O–H groups in total. The molecule has 1 amide bonds. The topological polar surface area (TPSA) is 41.1 Å². The Morgan fingerprint density at radius 3 is 3.25 bits per heavy atom. The van der Waals surface area contributed by atoms with E-state index in [9.17, 15) is 4.79 Å². The summed E-state index contributed by atoms with van der Waals surface area (Å²) in [5, 5.41) is 6.03. The molecule has 0 unspecified atom stereocenters. The Kier molecular flexibility index (Phi) is 3.11. The summed E-state index contributed by atoms with van der Waals surface area (Å²) in [4.78, 5) is 11.7. The summed E-state index contributed by atoms with van der Waals surface area (Å²) in [6.07, 6.45) is 6.72. The summed E-state index contributed by atoms with van der Waals surface area (Å²) < 4.78 is 0. The van der Waals surface area contributed by atoms with Gasteiger partial charge in [-0.3, -0.25) is 4.79 Å². The molecule has 0 aliphatic carbocycles. The van der Waals surface area contributed by atoms with E-state index >= 15 is 0 Å². The molecule has 1 aliphatic rings. The Morgan fingerprint density at radius 2 is 2.44 bits per heavy atom. The number of amides is 1. The molecule has 1 aliphatic heterocycles. The molecule has 0 atom stereocenters. The van der Waals surface area contributed by atoms with Crippen molar-refractivity contribution in [3.8, 4) is 12.3 Å². The number of benzene rings is 1. The van der Waals surface area contributed by atoms with E-state index < -0.39 is 0 Å². The standard InChI is InChI=1S/C13H14N2O/c1-2-3-7-15-13(16)11-5-4-10-6-8-14-12(10)9-11/h1,4-5,9,14H,3,6-8H2,(H,15,16). The second kappa shape index (κ2) is 4.71. The molecule has 0 spiro atoms. The lowest BCUT2D eigenvalue weighted by Gasteiger charge is -2.05. The molecule has 0 bridgehead atoms. The van der Waals surface area contributed by atoms with Gasteiger partial charge in [-0.25, -0.2) is 0 Å². The van der Waals surface area contributed by atoms with Crippen molar-refractivity contribution in [2.24, 2.45) is 0 Å². The number of hydrogen-bond acceptors (Lipinski definition) is 2. The predicted molar refractivity (Wildman–Crippen MR) is 64.4 cm³/mol. The fraction of sp³-hybridized carbons (Fsp3) is 0.308. The lowest BCUT2D eigenvalue weighted by Crippen LogP contribution is -2.24. The zero-order chi connectivity index (χ0) is 11.4. The highest BCUT2D eigenvalue weighted by atomic mass is 16.1. The van der Waals surface area contributed by atoms with Gasteiger partial charge in [0.15, 0.2) is 0 Å². The van der Waals surface area contributed by atoms with Gasteiger partial charge in [-0.05, 0) is 24.1 Å². The van der Waals surface area contributed by atoms with Crippen LogP contribution >= 0.6 is 0 Å². The lowest BCUT2D eigenvalue weighted by molar-refractivity contribution is 0.0954. The summed E-state index contributed by atoms with van der Waals surface area (Å²) in [6.45, 7) is 1.48. The van der Waals surface area contributed by atoms with Gasteiger partial charge < -0.3 is 10.6 Å². The average molecular weight is 214 g/mol. The summed E-state index contributed by atoms with van der Waals surface area (Å²) >= 11 is 0. The highest BCUT2D eigenvalue weighted by molar-refractivity contribution is 5.95. The maximum atomic E-state index is 11.7. The third-order valence-corrected chi connectivity index (χ3v) is 2.64. The van der Waals surface area contributed by atoms with Crippen molar-refractivity contribution in [3.63, 3.8) is 0 Å². The van der Waals surface area contributed by atoms with Crippen molar-refractivity contribution in [1.29, 1.82) is 0 Å². The fourth-order valence-corrected chi connectivity index (χ4v) is 1.78. The number of hydrogen-bond donors (Lipinski definition) is 2. The van der Waals surface area contributed by atoms with Gasteiger partial charge in [0.05, 0.1) is 0 Å². The van der Waals surface area contributed by atoms with Crippen LogP contribution in [0.5, 0.6) is 0 Å². The van der Waals surface area contributed by atoms with Crippen molar-refractivity contribution < 1.29 is 4.79 Å². The molecule has 0 aromatic heterocycles. The van der Waals surface area contributed by atoms with Crippen molar-refractivity contribution in [2.45, 2.75) is 12.8 Å². The number of nitrogens with one attached hydrogen (secondary N) is 2. The van der Waals surface area contributed by atoms with E-state index in [1.165, 1.54) is 5.56 Å². The van der Waals surface area contributed by atoms with Crippen LogP contribution in [0.3, 0.4) is 0 Å². The first-order valence-corrected chi connectivity index (χ1v) is 5.40. The van der Waals surface area contributed by atoms with Crippen molar-refractivity contribution in [2.75, 3.05) is 18.4 Å². The second-order valence-corrected chi connectivity index (χ2v) is 3.76. The number of fused-ring (bicyclic) bond motifs is 1. The quantitative estimate of drug-likeness (QED) is 0.590. The summed E-state index contributed by atoms with van der Waals surface area (Å²) in [7, 11) is 0. The molecule has 82 valence electrons. The Bertz CT molecular complexity index is 446. The molecule has 1 aromatic carbocycles. The van der Waals surface area contributed by atoms with Gasteiger partial charge in [-0.2, -0.15) is 0 Å². The molecule has 1 aromatic rings. The molecule has 0 radical (unpaired) electrons. The third-order valence-electron chi connectivity index (χ3n) is 2.64. The van der Waals surface area contributed by atoms with Crippen molar-refractivity contribution in [3.05, 3.63) is 29.3 Å². The minimum absolute atomic E-state index is 0.0632. The molecular weight excluding hydrogens is 200 g/mol. The highest BCUT2D eigenvalue weighted by Gasteiger charge is 2.12. The van der Waals surface area contributed by atoms with Crippen LogP contribution in [0.25, 0.3) is 0 Å². The fourth-order valence-electron chi connectivity index (χ4n) is 1.78. The van der Waals surface area contributed by atoms with E-state index in [2.05, 4.69) is 16.6 Å². The first-order chi connectivity index (χ1) is 7.81.